The molecule has 1 aromatic rings. The number of rotatable bonds is 6. The third kappa shape index (κ3) is 3.54. The third-order valence-corrected chi connectivity index (χ3v) is 4.79. The molecular formula is C18H29NO. The molecule has 0 radical (unpaired) electrons. The Morgan fingerprint density at radius 1 is 1.25 bits per heavy atom. The maximum atomic E-state index is 6.65. The first-order chi connectivity index (χ1) is 9.55. The molecule has 1 unspecified atom stereocenters. The van der Waals surface area contributed by atoms with E-state index in [1.165, 1.54) is 37.7 Å². The second-order valence-electron chi connectivity index (χ2n) is 6.83. The van der Waals surface area contributed by atoms with Crippen molar-refractivity contribution in [2.45, 2.75) is 58.4 Å². The molecule has 2 nitrogen and oxygen atoms in total. The SMILES string of the molecule is COc1cccc(CC(N)C2(CC(C)C)CCCC2)c1. The Balaban J connectivity index is 2.09. The van der Waals surface area contributed by atoms with Crippen LogP contribution in [-0.2, 0) is 6.42 Å². The Morgan fingerprint density at radius 3 is 2.55 bits per heavy atom. The van der Waals surface area contributed by atoms with E-state index in [9.17, 15) is 0 Å². The Hall–Kier alpha value is -1.02. The molecule has 0 aromatic heterocycles. The van der Waals surface area contributed by atoms with Crippen LogP contribution in [0.3, 0.4) is 0 Å². The van der Waals surface area contributed by atoms with Crippen LogP contribution in [0.4, 0.5) is 0 Å². The topological polar surface area (TPSA) is 35.2 Å². The summed E-state index contributed by atoms with van der Waals surface area (Å²) in [5.74, 6) is 1.66. The van der Waals surface area contributed by atoms with E-state index in [4.69, 9.17) is 10.5 Å². The number of nitrogens with two attached hydrogens (primary N) is 1. The van der Waals surface area contributed by atoms with Crippen LogP contribution < -0.4 is 10.5 Å². The summed E-state index contributed by atoms with van der Waals surface area (Å²) in [7, 11) is 1.72. The van der Waals surface area contributed by atoms with Crippen molar-refractivity contribution in [1.82, 2.24) is 0 Å². The third-order valence-electron chi connectivity index (χ3n) is 4.79. The summed E-state index contributed by atoms with van der Waals surface area (Å²) in [6, 6.07) is 8.61. The molecule has 0 spiro atoms. The number of ether oxygens (including phenoxy) is 1. The first-order valence-corrected chi connectivity index (χ1v) is 7.94. The second kappa shape index (κ2) is 6.62. The molecule has 1 atom stereocenters. The van der Waals surface area contributed by atoms with Gasteiger partial charge in [0.25, 0.3) is 0 Å². The van der Waals surface area contributed by atoms with Crippen molar-refractivity contribution >= 4 is 0 Å². The van der Waals surface area contributed by atoms with E-state index in [0.717, 1.165) is 18.1 Å². The lowest BCUT2D eigenvalue weighted by molar-refractivity contribution is 0.181. The summed E-state index contributed by atoms with van der Waals surface area (Å²) in [4.78, 5) is 0. The van der Waals surface area contributed by atoms with Crippen LogP contribution >= 0.6 is 0 Å². The standard InChI is InChI=1S/C18H29NO/c1-14(2)13-18(9-4-5-10-18)17(19)12-15-7-6-8-16(11-15)20-3/h6-8,11,14,17H,4-5,9-10,12-13,19H2,1-3H3. The van der Waals surface area contributed by atoms with Gasteiger partial charge in [-0.3, -0.25) is 0 Å². The molecule has 1 aromatic carbocycles. The molecule has 2 rings (SSSR count). The van der Waals surface area contributed by atoms with Crippen molar-refractivity contribution in [3.63, 3.8) is 0 Å². The maximum Gasteiger partial charge on any atom is 0.119 e. The van der Waals surface area contributed by atoms with Crippen LogP contribution in [0.25, 0.3) is 0 Å². The quantitative estimate of drug-likeness (QED) is 0.845. The largest absolute Gasteiger partial charge is 0.497 e. The summed E-state index contributed by atoms with van der Waals surface area (Å²) in [6.45, 7) is 4.64. The van der Waals surface area contributed by atoms with Crippen molar-refractivity contribution in [2.75, 3.05) is 7.11 Å². The highest BCUT2D eigenvalue weighted by atomic mass is 16.5. The predicted molar refractivity (Wildman–Crippen MR) is 85.0 cm³/mol. The van der Waals surface area contributed by atoms with Crippen molar-refractivity contribution in [3.05, 3.63) is 29.8 Å². The summed E-state index contributed by atoms with van der Waals surface area (Å²) < 4.78 is 5.31. The van der Waals surface area contributed by atoms with Gasteiger partial charge in [0.2, 0.25) is 0 Å². The lowest BCUT2D eigenvalue weighted by atomic mass is 9.71. The molecule has 0 saturated heterocycles. The monoisotopic (exact) mass is 275 g/mol. The lowest BCUT2D eigenvalue weighted by Gasteiger charge is -2.37. The van der Waals surface area contributed by atoms with Gasteiger partial charge in [-0.25, -0.2) is 0 Å². The van der Waals surface area contributed by atoms with E-state index < -0.39 is 0 Å². The van der Waals surface area contributed by atoms with Crippen molar-refractivity contribution in [1.29, 1.82) is 0 Å². The lowest BCUT2D eigenvalue weighted by Crippen LogP contribution is -2.42. The molecule has 1 saturated carbocycles. The minimum atomic E-state index is 0.263. The van der Waals surface area contributed by atoms with Gasteiger partial charge in [-0.05, 0) is 54.7 Å². The molecule has 1 aliphatic carbocycles. The zero-order chi connectivity index (χ0) is 14.6. The molecule has 1 aliphatic rings. The Labute approximate surface area is 123 Å². The van der Waals surface area contributed by atoms with Crippen molar-refractivity contribution in [3.8, 4) is 5.75 Å². The molecule has 112 valence electrons. The van der Waals surface area contributed by atoms with Crippen LogP contribution in [0.1, 0.15) is 51.5 Å². The van der Waals surface area contributed by atoms with Crippen LogP contribution in [0.2, 0.25) is 0 Å². The Morgan fingerprint density at radius 2 is 1.95 bits per heavy atom. The molecule has 1 fully saturated rings. The fourth-order valence-electron chi connectivity index (χ4n) is 3.89. The molecule has 0 amide bonds. The highest BCUT2D eigenvalue weighted by Crippen LogP contribution is 2.46. The predicted octanol–water partition coefficient (Wildman–Crippen LogP) is 4.17. The number of benzene rings is 1. The maximum absolute atomic E-state index is 6.65. The van der Waals surface area contributed by atoms with Crippen LogP contribution in [0, 0.1) is 11.3 Å². The van der Waals surface area contributed by atoms with Gasteiger partial charge in [-0.1, -0.05) is 38.8 Å². The molecule has 2 heteroatoms. The first-order valence-electron chi connectivity index (χ1n) is 7.94. The normalized spacial score (nSPS) is 19.2. The Bertz CT molecular complexity index is 421. The average molecular weight is 275 g/mol. The van der Waals surface area contributed by atoms with E-state index in [-0.39, 0.29) is 6.04 Å². The smallest absolute Gasteiger partial charge is 0.119 e. The fraction of sp³-hybridized carbons (Fsp3) is 0.667. The van der Waals surface area contributed by atoms with Crippen LogP contribution in [0.5, 0.6) is 5.75 Å². The van der Waals surface area contributed by atoms with E-state index in [1.807, 2.05) is 6.07 Å². The average Bonchev–Trinajstić information content (AvgIpc) is 2.88. The second-order valence-corrected chi connectivity index (χ2v) is 6.83. The molecule has 0 heterocycles. The highest BCUT2D eigenvalue weighted by molar-refractivity contribution is 5.29. The first kappa shape index (κ1) is 15.4. The minimum Gasteiger partial charge on any atom is -0.497 e. The molecule has 0 aliphatic heterocycles. The van der Waals surface area contributed by atoms with Crippen LogP contribution in [-0.4, -0.2) is 13.2 Å². The van der Waals surface area contributed by atoms with Crippen LogP contribution in [0.15, 0.2) is 24.3 Å². The van der Waals surface area contributed by atoms with E-state index in [2.05, 4.69) is 32.0 Å². The molecular weight excluding hydrogens is 246 g/mol. The number of methoxy groups -OCH3 is 1. The zero-order valence-corrected chi connectivity index (χ0v) is 13.2. The minimum absolute atomic E-state index is 0.263. The van der Waals surface area contributed by atoms with Gasteiger partial charge in [0.05, 0.1) is 7.11 Å². The van der Waals surface area contributed by atoms with Crippen molar-refractivity contribution in [2.24, 2.45) is 17.1 Å². The van der Waals surface area contributed by atoms with E-state index >= 15 is 0 Å². The number of hydrogen-bond donors (Lipinski definition) is 1. The zero-order valence-electron chi connectivity index (χ0n) is 13.2. The summed E-state index contributed by atoms with van der Waals surface area (Å²) in [6.07, 6.45) is 7.52. The van der Waals surface area contributed by atoms with Gasteiger partial charge in [0.15, 0.2) is 0 Å². The van der Waals surface area contributed by atoms with Gasteiger partial charge in [-0.2, -0.15) is 0 Å². The fourth-order valence-corrected chi connectivity index (χ4v) is 3.89. The molecule has 2 N–H and O–H groups in total. The van der Waals surface area contributed by atoms with E-state index in [0.29, 0.717) is 5.41 Å². The molecule has 0 bridgehead atoms. The summed E-state index contributed by atoms with van der Waals surface area (Å²) >= 11 is 0. The van der Waals surface area contributed by atoms with Crippen molar-refractivity contribution < 1.29 is 4.74 Å². The van der Waals surface area contributed by atoms with Gasteiger partial charge in [0, 0.05) is 6.04 Å². The molecule has 20 heavy (non-hydrogen) atoms. The van der Waals surface area contributed by atoms with Gasteiger partial charge < -0.3 is 10.5 Å². The van der Waals surface area contributed by atoms with Gasteiger partial charge in [-0.15, -0.1) is 0 Å². The van der Waals surface area contributed by atoms with Gasteiger partial charge >= 0.3 is 0 Å². The van der Waals surface area contributed by atoms with E-state index in [1.54, 1.807) is 7.11 Å². The summed E-state index contributed by atoms with van der Waals surface area (Å²) in [5.41, 5.74) is 8.30. The summed E-state index contributed by atoms with van der Waals surface area (Å²) in [5, 5.41) is 0. The Kier molecular flexibility index (Phi) is 5.09. The number of hydrogen-bond acceptors (Lipinski definition) is 2. The highest BCUT2D eigenvalue weighted by Gasteiger charge is 2.39. The van der Waals surface area contributed by atoms with Gasteiger partial charge in [0.1, 0.15) is 5.75 Å².